The molecule has 6 nitrogen and oxygen atoms in total. The van der Waals surface area contributed by atoms with E-state index in [4.69, 9.17) is 4.99 Å². The summed E-state index contributed by atoms with van der Waals surface area (Å²) < 4.78 is 1.85. The number of rotatable bonds is 2. The third-order valence-electron chi connectivity index (χ3n) is 6.38. The highest BCUT2D eigenvalue weighted by molar-refractivity contribution is 6.15. The molecule has 1 saturated heterocycles. The summed E-state index contributed by atoms with van der Waals surface area (Å²) in [6.45, 7) is 1.30. The van der Waals surface area contributed by atoms with E-state index in [0.29, 0.717) is 30.5 Å². The molecule has 1 spiro atoms. The molecule has 5 rings (SSSR count). The van der Waals surface area contributed by atoms with E-state index in [-0.39, 0.29) is 17.7 Å². The molecule has 3 heterocycles. The predicted molar refractivity (Wildman–Crippen MR) is 101 cm³/mol. The summed E-state index contributed by atoms with van der Waals surface area (Å²) in [7, 11) is 1.88. The van der Waals surface area contributed by atoms with Crippen molar-refractivity contribution < 1.29 is 9.59 Å². The standard InChI is InChI=1S/C21H22N4O2/c1-24-11-5-8-17(24)19(26)25-12-15-9-10-21(16(15)13-25)20(27)22-18(23-21)14-6-3-2-4-7-14/h2-8,11,15-16H,9-10,12-13H2,1H3,(H,22,23,27)/t15-,16+,21-/m1/s1. The second-order valence-electron chi connectivity index (χ2n) is 7.82. The van der Waals surface area contributed by atoms with E-state index < -0.39 is 5.54 Å². The van der Waals surface area contributed by atoms with E-state index in [2.05, 4.69) is 5.32 Å². The molecule has 3 atom stereocenters. The number of amides is 2. The fourth-order valence-electron chi connectivity index (χ4n) is 4.95. The van der Waals surface area contributed by atoms with Crippen molar-refractivity contribution in [2.75, 3.05) is 13.1 Å². The molecule has 0 unspecified atom stereocenters. The zero-order chi connectivity index (χ0) is 18.6. The second kappa shape index (κ2) is 5.81. The average molecular weight is 362 g/mol. The van der Waals surface area contributed by atoms with Crippen molar-refractivity contribution in [1.29, 1.82) is 0 Å². The Kier molecular flexibility index (Phi) is 3.50. The van der Waals surface area contributed by atoms with E-state index in [0.717, 1.165) is 18.4 Å². The minimum absolute atomic E-state index is 0.0120. The molecule has 1 N–H and O–H groups in total. The monoisotopic (exact) mass is 362 g/mol. The molecule has 1 aliphatic carbocycles. The van der Waals surface area contributed by atoms with Gasteiger partial charge in [-0.25, -0.2) is 0 Å². The fraction of sp³-hybridized carbons (Fsp3) is 0.381. The Morgan fingerprint density at radius 2 is 2.00 bits per heavy atom. The Morgan fingerprint density at radius 1 is 1.19 bits per heavy atom. The number of aryl methyl sites for hydroxylation is 1. The van der Waals surface area contributed by atoms with Crippen LogP contribution in [0.1, 0.15) is 28.9 Å². The van der Waals surface area contributed by atoms with Gasteiger partial charge < -0.3 is 14.8 Å². The van der Waals surface area contributed by atoms with Gasteiger partial charge in [0.05, 0.1) is 0 Å². The van der Waals surface area contributed by atoms with Crippen LogP contribution in [0, 0.1) is 11.8 Å². The molecule has 138 valence electrons. The van der Waals surface area contributed by atoms with Crippen molar-refractivity contribution in [2.24, 2.45) is 23.9 Å². The quantitative estimate of drug-likeness (QED) is 0.886. The topological polar surface area (TPSA) is 66.7 Å². The summed E-state index contributed by atoms with van der Waals surface area (Å²) in [4.78, 5) is 32.6. The lowest BCUT2D eigenvalue weighted by atomic mass is 9.85. The van der Waals surface area contributed by atoms with Crippen molar-refractivity contribution in [1.82, 2.24) is 14.8 Å². The third kappa shape index (κ3) is 2.36. The lowest BCUT2D eigenvalue weighted by molar-refractivity contribution is -0.124. The number of hydrogen-bond acceptors (Lipinski definition) is 3. The molecule has 27 heavy (non-hydrogen) atoms. The van der Waals surface area contributed by atoms with Gasteiger partial charge in [0.2, 0.25) is 0 Å². The molecule has 3 aliphatic rings. The Bertz CT molecular complexity index is 948. The van der Waals surface area contributed by atoms with Gasteiger partial charge in [-0.1, -0.05) is 30.3 Å². The summed E-state index contributed by atoms with van der Waals surface area (Å²) in [5.41, 5.74) is 0.897. The van der Waals surface area contributed by atoms with Crippen LogP contribution in [0.25, 0.3) is 0 Å². The first-order valence-electron chi connectivity index (χ1n) is 9.46. The SMILES string of the molecule is Cn1cccc1C(=O)N1C[C@H]2CC[C@@]3(N=C(c4ccccc4)NC3=O)[C@H]2C1. The largest absolute Gasteiger partial charge is 0.347 e. The molecule has 2 aromatic rings. The van der Waals surface area contributed by atoms with Gasteiger partial charge in [-0.2, -0.15) is 0 Å². The van der Waals surface area contributed by atoms with Gasteiger partial charge in [-0.05, 0) is 30.9 Å². The first-order chi connectivity index (χ1) is 13.1. The fourth-order valence-corrected chi connectivity index (χ4v) is 4.95. The number of aliphatic imine (C=N–C) groups is 1. The number of fused-ring (bicyclic) bond motifs is 2. The number of carbonyl (C=O) groups is 2. The van der Waals surface area contributed by atoms with Crippen LogP contribution in [-0.2, 0) is 11.8 Å². The third-order valence-corrected chi connectivity index (χ3v) is 6.38. The number of amidine groups is 1. The normalized spacial score (nSPS) is 29.1. The van der Waals surface area contributed by atoms with E-state index >= 15 is 0 Å². The maximum absolute atomic E-state index is 13.0. The number of nitrogens with zero attached hydrogens (tertiary/aromatic N) is 3. The summed E-state index contributed by atoms with van der Waals surface area (Å²) >= 11 is 0. The highest BCUT2D eigenvalue weighted by Crippen LogP contribution is 2.49. The Labute approximate surface area is 157 Å². The maximum Gasteiger partial charge on any atom is 0.270 e. The van der Waals surface area contributed by atoms with Gasteiger partial charge in [-0.15, -0.1) is 0 Å². The van der Waals surface area contributed by atoms with Crippen molar-refractivity contribution in [3.8, 4) is 0 Å². The van der Waals surface area contributed by atoms with Crippen LogP contribution in [0.5, 0.6) is 0 Å². The van der Waals surface area contributed by atoms with Crippen LogP contribution < -0.4 is 5.32 Å². The first kappa shape index (κ1) is 16.3. The van der Waals surface area contributed by atoms with Gasteiger partial charge in [0.15, 0.2) is 0 Å². The van der Waals surface area contributed by atoms with E-state index in [1.165, 1.54) is 0 Å². The molecule has 2 aliphatic heterocycles. The summed E-state index contributed by atoms with van der Waals surface area (Å²) in [5, 5.41) is 3.00. The minimum atomic E-state index is -0.723. The van der Waals surface area contributed by atoms with E-state index in [9.17, 15) is 9.59 Å². The Hall–Kier alpha value is -2.89. The molecule has 1 saturated carbocycles. The molecule has 0 bridgehead atoms. The van der Waals surface area contributed by atoms with Gasteiger partial charge >= 0.3 is 0 Å². The Balaban J connectivity index is 1.43. The van der Waals surface area contributed by atoms with Gasteiger partial charge in [0.1, 0.15) is 17.1 Å². The molecule has 6 heteroatoms. The zero-order valence-corrected chi connectivity index (χ0v) is 15.3. The summed E-state index contributed by atoms with van der Waals surface area (Å²) in [5.74, 6) is 1.11. The van der Waals surface area contributed by atoms with Gasteiger partial charge in [0.25, 0.3) is 11.8 Å². The van der Waals surface area contributed by atoms with Crippen molar-refractivity contribution in [2.45, 2.75) is 18.4 Å². The number of benzene rings is 1. The van der Waals surface area contributed by atoms with Crippen LogP contribution in [0.3, 0.4) is 0 Å². The molecule has 1 aromatic carbocycles. The molecule has 0 radical (unpaired) electrons. The van der Waals surface area contributed by atoms with Gasteiger partial charge in [-0.3, -0.25) is 14.6 Å². The lowest BCUT2D eigenvalue weighted by Gasteiger charge is -2.25. The highest BCUT2D eigenvalue weighted by Gasteiger charge is 2.59. The first-order valence-corrected chi connectivity index (χ1v) is 9.46. The van der Waals surface area contributed by atoms with Gasteiger partial charge in [0, 0.05) is 37.8 Å². The smallest absolute Gasteiger partial charge is 0.270 e. The van der Waals surface area contributed by atoms with Crippen LogP contribution in [0.15, 0.2) is 53.7 Å². The summed E-state index contributed by atoms with van der Waals surface area (Å²) in [6.07, 6.45) is 3.57. The highest BCUT2D eigenvalue weighted by atomic mass is 16.2. The minimum Gasteiger partial charge on any atom is -0.347 e. The average Bonchev–Trinajstić information content (AvgIpc) is 3.42. The van der Waals surface area contributed by atoms with Crippen LogP contribution in [0.2, 0.25) is 0 Å². The van der Waals surface area contributed by atoms with Crippen LogP contribution >= 0.6 is 0 Å². The van der Waals surface area contributed by atoms with Crippen LogP contribution in [0.4, 0.5) is 0 Å². The van der Waals surface area contributed by atoms with E-state index in [1.54, 1.807) is 0 Å². The summed E-state index contributed by atoms with van der Waals surface area (Å²) in [6, 6.07) is 13.5. The second-order valence-corrected chi connectivity index (χ2v) is 7.82. The van der Waals surface area contributed by atoms with E-state index in [1.807, 2.05) is 65.2 Å². The predicted octanol–water partition coefficient (Wildman–Crippen LogP) is 1.82. The Morgan fingerprint density at radius 3 is 2.74 bits per heavy atom. The lowest BCUT2D eigenvalue weighted by Crippen LogP contribution is -2.45. The number of aromatic nitrogens is 1. The number of likely N-dealkylation sites (tertiary alicyclic amines) is 1. The van der Waals surface area contributed by atoms with Crippen molar-refractivity contribution in [3.05, 3.63) is 59.9 Å². The van der Waals surface area contributed by atoms with Crippen molar-refractivity contribution in [3.63, 3.8) is 0 Å². The molecule has 2 fully saturated rings. The molecule has 2 amide bonds. The molecular weight excluding hydrogens is 340 g/mol. The van der Waals surface area contributed by atoms with Crippen molar-refractivity contribution >= 4 is 17.6 Å². The zero-order valence-electron chi connectivity index (χ0n) is 15.3. The van der Waals surface area contributed by atoms with Crippen LogP contribution in [-0.4, -0.2) is 45.7 Å². The maximum atomic E-state index is 13.0. The molecular formula is C21H22N4O2. The molecule has 1 aromatic heterocycles. The number of nitrogens with one attached hydrogen (secondary N) is 1. The number of carbonyl (C=O) groups excluding carboxylic acids is 2. The number of hydrogen-bond donors (Lipinski definition) is 1.